The Morgan fingerprint density at radius 1 is 1.69 bits per heavy atom. The van der Waals surface area contributed by atoms with Crippen LogP contribution in [0.25, 0.3) is 0 Å². The molecule has 2 rings (SSSR count). The van der Waals surface area contributed by atoms with E-state index in [9.17, 15) is 4.79 Å². The molecular weight excluding hydrogens is 166 g/mol. The van der Waals surface area contributed by atoms with Crippen LogP contribution >= 0.6 is 0 Å². The molecule has 4 nitrogen and oxygen atoms in total. The number of amides is 1. The minimum absolute atomic E-state index is 0.118. The maximum Gasteiger partial charge on any atom is 0.299 e. The van der Waals surface area contributed by atoms with Crippen molar-refractivity contribution in [2.24, 2.45) is 0 Å². The van der Waals surface area contributed by atoms with Crippen LogP contribution in [0.2, 0.25) is 0 Å². The van der Waals surface area contributed by atoms with E-state index in [4.69, 9.17) is 0 Å². The maximum atomic E-state index is 11.3. The monoisotopic (exact) mass is 175 g/mol. The molecule has 4 heteroatoms. The lowest BCUT2D eigenvalue weighted by molar-refractivity contribution is -0.125. The number of nitrogens with one attached hydrogen (secondary N) is 1. The SMILES string of the molecule is CC#CC(=O)N1Cc2cn[nH]c2C1. The first-order valence-electron chi connectivity index (χ1n) is 4.04. The van der Waals surface area contributed by atoms with E-state index >= 15 is 0 Å². The molecule has 0 aliphatic carbocycles. The van der Waals surface area contributed by atoms with Crippen LogP contribution in [0.5, 0.6) is 0 Å². The highest BCUT2D eigenvalue weighted by atomic mass is 16.2. The van der Waals surface area contributed by atoms with E-state index < -0.39 is 0 Å². The fourth-order valence-corrected chi connectivity index (χ4v) is 1.39. The van der Waals surface area contributed by atoms with E-state index in [1.807, 2.05) is 0 Å². The van der Waals surface area contributed by atoms with Gasteiger partial charge >= 0.3 is 0 Å². The van der Waals surface area contributed by atoms with Gasteiger partial charge in [0.1, 0.15) is 0 Å². The molecule has 0 fully saturated rings. The number of nitrogens with zero attached hydrogens (tertiary/aromatic N) is 2. The summed E-state index contributed by atoms with van der Waals surface area (Å²) in [7, 11) is 0. The average Bonchev–Trinajstić information content (AvgIpc) is 2.61. The molecule has 0 atom stereocenters. The molecule has 1 aliphatic heterocycles. The van der Waals surface area contributed by atoms with Gasteiger partial charge in [-0.15, -0.1) is 0 Å². The molecule has 0 saturated heterocycles. The maximum absolute atomic E-state index is 11.3. The number of H-pyrrole nitrogens is 1. The van der Waals surface area contributed by atoms with Crippen molar-refractivity contribution in [1.82, 2.24) is 15.1 Å². The van der Waals surface area contributed by atoms with Gasteiger partial charge in [0.2, 0.25) is 0 Å². The van der Waals surface area contributed by atoms with Crippen LogP contribution in [-0.2, 0) is 17.9 Å². The molecule has 0 saturated carbocycles. The largest absolute Gasteiger partial charge is 0.322 e. The molecule has 0 aromatic carbocycles. The number of hydrogen-bond acceptors (Lipinski definition) is 2. The highest BCUT2D eigenvalue weighted by molar-refractivity contribution is 5.93. The first-order valence-corrected chi connectivity index (χ1v) is 4.04. The van der Waals surface area contributed by atoms with E-state index in [1.165, 1.54) is 0 Å². The third-order valence-electron chi connectivity index (χ3n) is 2.04. The van der Waals surface area contributed by atoms with E-state index in [-0.39, 0.29) is 5.91 Å². The minimum Gasteiger partial charge on any atom is -0.322 e. The summed E-state index contributed by atoms with van der Waals surface area (Å²) in [6.45, 7) is 2.89. The highest BCUT2D eigenvalue weighted by Crippen LogP contribution is 2.19. The lowest BCUT2D eigenvalue weighted by Gasteiger charge is -2.10. The number of rotatable bonds is 0. The predicted octanol–water partition coefficient (Wildman–Crippen LogP) is 0.275. The Bertz CT molecular complexity index is 376. The summed E-state index contributed by atoms with van der Waals surface area (Å²) >= 11 is 0. The molecule has 1 amide bonds. The Morgan fingerprint density at radius 2 is 2.54 bits per heavy atom. The van der Waals surface area contributed by atoms with Crippen molar-refractivity contribution >= 4 is 5.91 Å². The lowest BCUT2D eigenvalue weighted by Crippen LogP contribution is -2.23. The van der Waals surface area contributed by atoms with Gasteiger partial charge in [0, 0.05) is 5.56 Å². The summed E-state index contributed by atoms with van der Waals surface area (Å²) in [6, 6.07) is 0. The van der Waals surface area contributed by atoms with Crippen LogP contribution in [-0.4, -0.2) is 21.0 Å². The quantitative estimate of drug-likeness (QED) is 0.575. The van der Waals surface area contributed by atoms with Crippen LogP contribution in [0.4, 0.5) is 0 Å². The van der Waals surface area contributed by atoms with Crippen molar-refractivity contribution < 1.29 is 4.79 Å². The molecule has 0 radical (unpaired) electrons. The lowest BCUT2D eigenvalue weighted by atomic mass is 10.3. The Balaban J connectivity index is 2.13. The summed E-state index contributed by atoms with van der Waals surface area (Å²) in [5.74, 6) is 4.99. The zero-order valence-corrected chi connectivity index (χ0v) is 7.29. The number of aromatic amines is 1. The average molecular weight is 175 g/mol. The number of fused-ring (bicyclic) bond motifs is 1. The third kappa shape index (κ3) is 1.29. The normalized spacial score (nSPS) is 13.5. The fourth-order valence-electron chi connectivity index (χ4n) is 1.39. The van der Waals surface area contributed by atoms with E-state index in [2.05, 4.69) is 22.0 Å². The molecule has 66 valence electrons. The second-order valence-corrected chi connectivity index (χ2v) is 2.91. The molecule has 1 N–H and O–H groups in total. The van der Waals surface area contributed by atoms with E-state index in [0.717, 1.165) is 11.3 Å². The van der Waals surface area contributed by atoms with Gasteiger partial charge < -0.3 is 4.90 Å². The number of aromatic nitrogens is 2. The van der Waals surface area contributed by atoms with Gasteiger partial charge in [-0.25, -0.2) is 0 Å². The minimum atomic E-state index is -0.118. The summed E-state index contributed by atoms with van der Waals surface area (Å²) in [5, 5.41) is 6.74. The zero-order valence-electron chi connectivity index (χ0n) is 7.29. The standard InChI is InChI=1S/C9H9N3O/c1-2-3-9(13)12-5-7-4-10-11-8(7)6-12/h4H,5-6H2,1H3,(H,10,11). The molecule has 1 aliphatic rings. The number of hydrogen-bond donors (Lipinski definition) is 1. The van der Waals surface area contributed by atoms with Gasteiger partial charge in [-0.2, -0.15) is 5.10 Å². The van der Waals surface area contributed by atoms with Crippen LogP contribution in [0.3, 0.4) is 0 Å². The molecule has 2 heterocycles. The van der Waals surface area contributed by atoms with Crippen molar-refractivity contribution in [2.45, 2.75) is 20.0 Å². The van der Waals surface area contributed by atoms with Gasteiger partial charge in [-0.1, -0.05) is 5.92 Å². The van der Waals surface area contributed by atoms with Crippen molar-refractivity contribution in [3.63, 3.8) is 0 Å². The second-order valence-electron chi connectivity index (χ2n) is 2.91. The van der Waals surface area contributed by atoms with Crippen LogP contribution in [0.1, 0.15) is 18.2 Å². The van der Waals surface area contributed by atoms with Crippen molar-refractivity contribution in [1.29, 1.82) is 0 Å². The molecular formula is C9H9N3O. The van der Waals surface area contributed by atoms with Crippen LogP contribution in [0, 0.1) is 11.8 Å². The fraction of sp³-hybridized carbons (Fsp3) is 0.333. The Hall–Kier alpha value is -1.76. The van der Waals surface area contributed by atoms with Crippen molar-refractivity contribution in [2.75, 3.05) is 0 Å². The Morgan fingerprint density at radius 3 is 3.23 bits per heavy atom. The molecule has 0 unspecified atom stereocenters. The number of carbonyl (C=O) groups is 1. The summed E-state index contributed by atoms with van der Waals surface area (Å²) < 4.78 is 0. The summed E-state index contributed by atoms with van der Waals surface area (Å²) in [4.78, 5) is 13.0. The van der Waals surface area contributed by atoms with Gasteiger partial charge in [-0.05, 0) is 12.8 Å². The third-order valence-corrected chi connectivity index (χ3v) is 2.04. The predicted molar refractivity (Wildman–Crippen MR) is 46.3 cm³/mol. The van der Waals surface area contributed by atoms with Crippen LogP contribution < -0.4 is 0 Å². The topological polar surface area (TPSA) is 49.0 Å². The smallest absolute Gasteiger partial charge is 0.299 e. The van der Waals surface area contributed by atoms with Crippen LogP contribution in [0.15, 0.2) is 6.20 Å². The highest BCUT2D eigenvalue weighted by Gasteiger charge is 2.23. The summed E-state index contributed by atoms with van der Waals surface area (Å²) in [6.07, 6.45) is 1.75. The molecule has 0 spiro atoms. The van der Waals surface area contributed by atoms with Crippen molar-refractivity contribution in [3.8, 4) is 11.8 Å². The molecule has 0 bridgehead atoms. The first-order chi connectivity index (χ1) is 6.31. The second kappa shape index (κ2) is 2.94. The first kappa shape index (κ1) is 7.87. The molecule has 1 aromatic heterocycles. The summed E-state index contributed by atoms with van der Waals surface area (Å²) in [5.41, 5.74) is 2.11. The van der Waals surface area contributed by atoms with E-state index in [0.29, 0.717) is 13.1 Å². The van der Waals surface area contributed by atoms with Gasteiger partial charge in [0.15, 0.2) is 0 Å². The van der Waals surface area contributed by atoms with Gasteiger partial charge in [-0.3, -0.25) is 9.89 Å². The zero-order chi connectivity index (χ0) is 9.26. The number of carbonyl (C=O) groups excluding carboxylic acids is 1. The van der Waals surface area contributed by atoms with E-state index in [1.54, 1.807) is 18.0 Å². The van der Waals surface area contributed by atoms with Crippen molar-refractivity contribution in [3.05, 3.63) is 17.5 Å². The van der Waals surface area contributed by atoms with Gasteiger partial charge in [0.05, 0.1) is 25.0 Å². The Kier molecular flexibility index (Phi) is 1.78. The molecule has 1 aromatic rings. The molecule has 13 heavy (non-hydrogen) atoms. The Labute approximate surface area is 75.9 Å². The van der Waals surface area contributed by atoms with Gasteiger partial charge in [0.25, 0.3) is 5.91 Å².